The summed E-state index contributed by atoms with van der Waals surface area (Å²) >= 11 is 3.02. The molecule has 0 spiro atoms. The molecular weight excluding hydrogens is 279 g/mol. The Labute approximate surface area is 101 Å². The van der Waals surface area contributed by atoms with Crippen LogP contribution in [-0.2, 0) is 9.53 Å². The third-order valence-electron chi connectivity index (χ3n) is 1.98. The average molecular weight is 291 g/mol. The van der Waals surface area contributed by atoms with Crippen LogP contribution in [0.3, 0.4) is 0 Å². The van der Waals surface area contributed by atoms with Gasteiger partial charge < -0.3 is 15.8 Å². The quantitative estimate of drug-likeness (QED) is 0.883. The molecule has 0 saturated heterocycles. The third kappa shape index (κ3) is 3.26. The summed E-state index contributed by atoms with van der Waals surface area (Å²) in [6.07, 6.45) is -0.730. The van der Waals surface area contributed by atoms with Gasteiger partial charge in [-0.05, 0) is 34.1 Å². The van der Waals surface area contributed by atoms with E-state index in [4.69, 9.17) is 10.5 Å². The van der Waals surface area contributed by atoms with E-state index in [0.29, 0.717) is 10.2 Å². The lowest BCUT2D eigenvalue weighted by atomic mass is 10.2. The second kappa shape index (κ2) is 5.93. The van der Waals surface area contributed by atoms with E-state index < -0.39 is 17.8 Å². The molecule has 0 aliphatic heterocycles. The van der Waals surface area contributed by atoms with Crippen LogP contribution in [0.4, 0.5) is 10.1 Å². The van der Waals surface area contributed by atoms with Crippen LogP contribution in [0.25, 0.3) is 0 Å². The van der Waals surface area contributed by atoms with Gasteiger partial charge in [-0.1, -0.05) is 0 Å². The Morgan fingerprint density at radius 2 is 2.38 bits per heavy atom. The Kier molecular flexibility index (Phi) is 4.85. The van der Waals surface area contributed by atoms with Gasteiger partial charge in [-0.2, -0.15) is 0 Å². The fourth-order valence-electron chi connectivity index (χ4n) is 1.11. The first-order chi connectivity index (χ1) is 7.58. The van der Waals surface area contributed by atoms with Gasteiger partial charge in [-0.3, -0.25) is 4.79 Å². The van der Waals surface area contributed by atoms with Crippen LogP contribution in [0.15, 0.2) is 22.7 Å². The summed E-state index contributed by atoms with van der Waals surface area (Å²) in [5.74, 6) is -0.841. The second-order valence-electron chi connectivity index (χ2n) is 3.08. The maximum absolute atomic E-state index is 13.1. The van der Waals surface area contributed by atoms with Crippen LogP contribution in [0.2, 0.25) is 0 Å². The number of nitrogens with one attached hydrogen (secondary N) is 1. The molecule has 1 atom stereocenters. The summed E-state index contributed by atoms with van der Waals surface area (Å²) in [7, 11) is 1.39. The minimum Gasteiger partial charge on any atom is -0.370 e. The zero-order chi connectivity index (χ0) is 12.1. The number of anilines is 1. The van der Waals surface area contributed by atoms with Gasteiger partial charge in [0, 0.05) is 19.3 Å². The van der Waals surface area contributed by atoms with Crippen molar-refractivity contribution in [3.05, 3.63) is 28.5 Å². The minimum absolute atomic E-state index is 0.0708. The molecule has 1 unspecified atom stereocenters. The summed E-state index contributed by atoms with van der Waals surface area (Å²) in [5.41, 5.74) is 5.69. The van der Waals surface area contributed by atoms with Crippen LogP contribution < -0.4 is 11.1 Å². The highest BCUT2D eigenvalue weighted by Crippen LogP contribution is 2.19. The van der Waals surface area contributed by atoms with Gasteiger partial charge in [0.25, 0.3) is 5.91 Å². The van der Waals surface area contributed by atoms with E-state index in [9.17, 15) is 9.18 Å². The lowest BCUT2D eigenvalue weighted by Gasteiger charge is -2.13. The summed E-state index contributed by atoms with van der Waals surface area (Å²) < 4.78 is 18.3. The SMILES string of the molecule is COC(CN)C(=O)Nc1ccc(Br)c(F)c1. The fraction of sp³-hybridized carbons (Fsp3) is 0.300. The monoisotopic (exact) mass is 290 g/mol. The molecule has 0 fully saturated rings. The zero-order valence-electron chi connectivity index (χ0n) is 8.67. The molecule has 6 heteroatoms. The van der Waals surface area contributed by atoms with Crippen LogP contribution in [0, 0.1) is 5.82 Å². The minimum atomic E-state index is -0.730. The van der Waals surface area contributed by atoms with E-state index in [1.54, 1.807) is 6.07 Å². The molecule has 1 rings (SSSR count). The maximum Gasteiger partial charge on any atom is 0.254 e. The molecule has 4 nitrogen and oxygen atoms in total. The molecule has 0 aromatic heterocycles. The van der Waals surface area contributed by atoms with Gasteiger partial charge in [0.05, 0.1) is 4.47 Å². The molecule has 1 aromatic carbocycles. The van der Waals surface area contributed by atoms with Gasteiger partial charge in [0.2, 0.25) is 0 Å². The maximum atomic E-state index is 13.1. The van der Waals surface area contributed by atoms with E-state index in [-0.39, 0.29) is 6.54 Å². The van der Waals surface area contributed by atoms with Gasteiger partial charge in [-0.25, -0.2) is 4.39 Å². The van der Waals surface area contributed by atoms with Crippen molar-refractivity contribution in [2.75, 3.05) is 19.0 Å². The molecule has 16 heavy (non-hydrogen) atoms. The number of benzene rings is 1. The van der Waals surface area contributed by atoms with E-state index >= 15 is 0 Å². The third-order valence-corrected chi connectivity index (χ3v) is 2.62. The van der Waals surface area contributed by atoms with Crippen molar-refractivity contribution in [3.8, 4) is 0 Å². The molecule has 0 radical (unpaired) electrons. The Hall–Kier alpha value is -0.980. The number of methoxy groups -OCH3 is 1. The predicted octanol–water partition coefficient (Wildman–Crippen LogP) is 1.50. The Morgan fingerprint density at radius 3 is 2.88 bits per heavy atom. The highest BCUT2D eigenvalue weighted by Gasteiger charge is 2.15. The van der Waals surface area contributed by atoms with Crippen molar-refractivity contribution < 1.29 is 13.9 Å². The van der Waals surface area contributed by atoms with E-state index in [0.717, 1.165) is 0 Å². The summed E-state index contributed by atoms with van der Waals surface area (Å²) in [4.78, 5) is 11.5. The number of ether oxygens (including phenoxy) is 1. The molecule has 0 bridgehead atoms. The number of halogens is 2. The molecule has 0 aliphatic rings. The summed E-state index contributed by atoms with van der Waals surface area (Å²) in [6, 6.07) is 4.30. The molecular formula is C10H12BrFN2O2. The van der Waals surface area contributed by atoms with Gasteiger partial charge in [0.1, 0.15) is 11.9 Å². The highest BCUT2D eigenvalue weighted by molar-refractivity contribution is 9.10. The number of carbonyl (C=O) groups excluding carboxylic acids is 1. The van der Waals surface area contributed by atoms with Crippen molar-refractivity contribution in [3.63, 3.8) is 0 Å². The summed E-state index contributed by atoms with van der Waals surface area (Å²) in [5, 5.41) is 2.51. The van der Waals surface area contributed by atoms with Crippen molar-refractivity contribution in [1.29, 1.82) is 0 Å². The number of nitrogens with two attached hydrogens (primary N) is 1. The van der Waals surface area contributed by atoms with Crippen LogP contribution >= 0.6 is 15.9 Å². The highest BCUT2D eigenvalue weighted by atomic mass is 79.9. The van der Waals surface area contributed by atoms with Gasteiger partial charge in [0.15, 0.2) is 0 Å². The fourth-order valence-corrected chi connectivity index (χ4v) is 1.35. The van der Waals surface area contributed by atoms with Crippen LogP contribution in [0.5, 0.6) is 0 Å². The first-order valence-electron chi connectivity index (χ1n) is 4.57. The standard InChI is InChI=1S/C10H12BrFN2O2/c1-16-9(5-13)10(15)14-6-2-3-7(11)8(12)4-6/h2-4,9H,5,13H2,1H3,(H,14,15). The normalized spacial score (nSPS) is 12.2. The van der Waals surface area contributed by atoms with E-state index in [1.165, 1.54) is 19.2 Å². The lowest BCUT2D eigenvalue weighted by Crippen LogP contribution is -2.35. The number of rotatable bonds is 4. The number of hydrogen-bond acceptors (Lipinski definition) is 3. The molecule has 88 valence electrons. The van der Waals surface area contributed by atoms with Crippen LogP contribution in [0.1, 0.15) is 0 Å². The first kappa shape index (κ1) is 13.1. The van der Waals surface area contributed by atoms with Crippen molar-refractivity contribution >= 4 is 27.5 Å². The molecule has 0 aliphatic carbocycles. The van der Waals surface area contributed by atoms with Gasteiger partial charge in [-0.15, -0.1) is 0 Å². The van der Waals surface area contributed by atoms with E-state index in [2.05, 4.69) is 21.2 Å². The Balaban J connectivity index is 2.73. The summed E-state index contributed by atoms with van der Waals surface area (Å²) in [6.45, 7) is 0.0708. The molecule has 1 amide bonds. The lowest BCUT2D eigenvalue weighted by molar-refractivity contribution is -0.125. The number of carbonyl (C=O) groups is 1. The van der Waals surface area contributed by atoms with Crippen LogP contribution in [-0.4, -0.2) is 25.7 Å². The van der Waals surface area contributed by atoms with Crippen molar-refractivity contribution in [2.24, 2.45) is 5.73 Å². The molecule has 1 aromatic rings. The Morgan fingerprint density at radius 1 is 1.69 bits per heavy atom. The molecule has 3 N–H and O–H groups in total. The Bertz CT molecular complexity index is 383. The van der Waals surface area contributed by atoms with Crippen molar-refractivity contribution in [1.82, 2.24) is 0 Å². The molecule has 0 heterocycles. The second-order valence-corrected chi connectivity index (χ2v) is 3.93. The zero-order valence-corrected chi connectivity index (χ0v) is 10.3. The smallest absolute Gasteiger partial charge is 0.254 e. The topological polar surface area (TPSA) is 64.3 Å². The molecule has 0 saturated carbocycles. The van der Waals surface area contributed by atoms with Crippen molar-refractivity contribution in [2.45, 2.75) is 6.10 Å². The number of amides is 1. The van der Waals surface area contributed by atoms with E-state index in [1.807, 2.05) is 0 Å². The number of hydrogen-bond donors (Lipinski definition) is 2. The average Bonchev–Trinajstić information content (AvgIpc) is 2.25. The predicted molar refractivity (Wildman–Crippen MR) is 62.6 cm³/mol. The largest absolute Gasteiger partial charge is 0.370 e. The first-order valence-corrected chi connectivity index (χ1v) is 5.36. The van der Waals surface area contributed by atoms with Gasteiger partial charge >= 0.3 is 0 Å².